The first-order chi connectivity index (χ1) is 5.75. The SMILES string of the molecule is C=C(C)CN1CC2CNCC2C1. The molecule has 0 aromatic rings. The summed E-state index contributed by atoms with van der Waals surface area (Å²) in [6, 6.07) is 0. The average molecular weight is 166 g/mol. The molecule has 2 heterocycles. The molecule has 0 aromatic heterocycles. The van der Waals surface area contributed by atoms with Crippen molar-refractivity contribution >= 4 is 0 Å². The van der Waals surface area contributed by atoms with Gasteiger partial charge in [-0.3, -0.25) is 4.90 Å². The van der Waals surface area contributed by atoms with Crippen LogP contribution >= 0.6 is 0 Å². The Balaban J connectivity index is 1.86. The zero-order valence-corrected chi connectivity index (χ0v) is 7.84. The number of nitrogens with one attached hydrogen (secondary N) is 1. The third-order valence-corrected chi connectivity index (χ3v) is 2.96. The second kappa shape index (κ2) is 3.19. The van der Waals surface area contributed by atoms with Crippen LogP contribution in [0, 0.1) is 11.8 Å². The Morgan fingerprint density at radius 3 is 2.50 bits per heavy atom. The van der Waals surface area contributed by atoms with Gasteiger partial charge in [0.1, 0.15) is 0 Å². The fraction of sp³-hybridized carbons (Fsp3) is 0.800. The minimum Gasteiger partial charge on any atom is -0.316 e. The van der Waals surface area contributed by atoms with Crippen molar-refractivity contribution < 1.29 is 0 Å². The summed E-state index contributed by atoms with van der Waals surface area (Å²) in [5, 5.41) is 3.45. The summed E-state index contributed by atoms with van der Waals surface area (Å²) < 4.78 is 0. The van der Waals surface area contributed by atoms with Crippen LogP contribution in [-0.2, 0) is 0 Å². The van der Waals surface area contributed by atoms with Crippen molar-refractivity contribution in [1.82, 2.24) is 10.2 Å². The second-order valence-electron chi connectivity index (χ2n) is 4.33. The van der Waals surface area contributed by atoms with Gasteiger partial charge in [-0.25, -0.2) is 0 Å². The van der Waals surface area contributed by atoms with Crippen molar-refractivity contribution in [2.24, 2.45) is 11.8 Å². The number of likely N-dealkylation sites (tertiary alicyclic amines) is 1. The van der Waals surface area contributed by atoms with E-state index >= 15 is 0 Å². The lowest BCUT2D eigenvalue weighted by Crippen LogP contribution is -2.27. The van der Waals surface area contributed by atoms with Crippen LogP contribution in [0.25, 0.3) is 0 Å². The van der Waals surface area contributed by atoms with Crippen molar-refractivity contribution in [2.75, 3.05) is 32.7 Å². The van der Waals surface area contributed by atoms with Gasteiger partial charge in [0.2, 0.25) is 0 Å². The van der Waals surface area contributed by atoms with E-state index in [-0.39, 0.29) is 0 Å². The maximum absolute atomic E-state index is 3.96. The molecular weight excluding hydrogens is 148 g/mol. The third kappa shape index (κ3) is 1.54. The van der Waals surface area contributed by atoms with E-state index in [0.29, 0.717) is 0 Å². The molecule has 0 radical (unpaired) electrons. The first kappa shape index (κ1) is 8.27. The van der Waals surface area contributed by atoms with Crippen molar-refractivity contribution in [3.05, 3.63) is 12.2 Å². The number of rotatable bonds is 2. The van der Waals surface area contributed by atoms with Crippen LogP contribution in [0.15, 0.2) is 12.2 Å². The molecule has 2 atom stereocenters. The molecule has 0 bridgehead atoms. The Hall–Kier alpha value is -0.340. The maximum Gasteiger partial charge on any atom is 0.0187 e. The van der Waals surface area contributed by atoms with E-state index in [1.54, 1.807) is 0 Å². The summed E-state index contributed by atoms with van der Waals surface area (Å²) in [6.45, 7) is 12.2. The third-order valence-electron chi connectivity index (χ3n) is 2.96. The van der Waals surface area contributed by atoms with Gasteiger partial charge >= 0.3 is 0 Å². The highest BCUT2D eigenvalue weighted by Gasteiger charge is 2.35. The smallest absolute Gasteiger partial charge is 0.0187 e. The molecule has 2 saturated heterocycles. The lowest BCUT2D eigenvalue weighted by molar-refractivity contribution is 0.339. The summed E-state index contributed by atoms with van der Waals surface area (Å²) in [5.41, 5.74) is 1.29. The monoisotopic (exact) mass is 166 g/mol. The minimum absolute atomic E-state index is 0.921. The minimum atomic E-state index is 0.921. The summed E-state index contributed by atoms with van der Waals surface area (Å²) in [7, 11) is 0. The Morgan fingerprint density at radius 1 is 1.42 bits per heavy atom. The molecule has 68 valence electrons. The summed E-state index contributed by atoms with van der Waals surface area (Å²) in [5.74, 6) is 1.84. The molecule has 0 spiro atoms. The Morgan fingerprint density at radius 2 is 2.00 bits per heavy atom. The molecular formula is C10H18N2. The Labute approximate surface area is 74.6 Å². The van der Waals surface area contributed by atoms with E-state index in [1.165, 1.54) is 31.8 Å². The molecule has 0 amide bonds. The number of hydrogen-bond acceptors (Lipinski definition) is 2. The molecule has 12 heavy (non-hydrogen) atoms. The van der Waals surface area contributed by atoms with Crippen LogP contribution in [0.3, 0.4) is 0 Å². The summed E-state index contributed by atoms with van der Waals surface area (Å²) >= 11 is 0. The normalized spacial score (nSPS) is 35.4. The largest absolute Gasteiger partial charge is 0.316 e. The van der Waals surface area contributed by atoms with Gasteiger partial charge in [0, 0.05) is 19.6 Å². The lowest BCUT2D eigenvalue weighted by atomic mass is 10.0. The molecule has 2 rings (SSSR count). The van der Waals surface area contributed by atoms with Gasteiger partial charge in [0.25, 0.3) is 0 Å². The van der Waals surface area contributed by atoms with Crippen molar-refractivity contribution in [3.63, 3.8) is 0 Å². The quantitative estimate of drug-likeness (QED) is 0.608. The molecule has 2 nitrogen and oxygen atoms in total. The number of fused-ring (bicyclic) bond motifs is 1. The van der Waals surface area contributed by atoms with Crippen molar-refractivity contribution in [3.8, 4) is 0 Å². The highest BCUT2D eigenvalue weighted by molar-refractivity contribution is 4.98. The van der Waals surface area contributed by atoms with Gasteiger partial charge in [-0.05, 0) is 31.8 Å². The highest BCUT2D eigenvalue weighted by Crippen LogP contribution is 2.26. The van der Waals surface area contributed by atoms with Crippen LogP contribution in [0.2, 0.25) is 0 Å². The predicted molar refractivity (Wildman–Crippen MR) is 51.1 cm³/mol. The summed E-state index contributed by atoms with van der Waals surface area (Å²) in [4.78, 5) is 2.54. The van der Waals surface area contributed by atoms with E-state index in [1.807, 2.05) is 0 Å². The van der Waals surface area contributed by atoms with Crippen LogP contribution in [-0.4, -0.2) is 37.6 Å². The second-order valence-corrected chi connectivity index (χ2v) is 4.33. The van der Waals surface area contributed by atoms with E-state index in [4.69, 9.17) is 0 Å². The molecule has 2 aliphatic rings. The van der Waals surface area contributed by atoms with Gasteiger partial charge in [-0.2, -0.15) is 0 Å². The van der Waals surface area contributed by atoms with Crippen LogP contribution < -0.4 is 5.32 Å². The molecule has 1 N–H and O–H groups in total. The number of nitrogens with zero attached hydrogens (tertiary/aromatic N) is 1. The molecule has 0 aromatic carbocycles. The van der Waals surface area contributed by atoms with E-state index in [9.17, 15) is 0 Å². The van der Waals surface area contributed by atoms with E-state index < -0.39 is 0 Å². The van der Waals surface area contributed by atoms with Gasteiger partial charge in [-0.15, -0.1) is 0 Å². The zero-order chi connectivity index (χ0) is 8.55. The van der Waals surface area contributed by atoms with Gasteiger partial charge < -0.3 is 5.32 Å². The Kier molecular flexibility index (Phi) is 2.20. The first-order valence-corrected chi connectivity index (χ1v) is 4.83. The summed E-state index contributed by atoms with van der Waals surface area (Å²) in [6.07, 6.45) is 0. The van der Waals surface area contributed by atoms with Crippen molar-refractivity contribution in [2.45, 2.75) is 6.92 Å². The topological polar surface area (TPSA) is 15.3 Å². The first-order valence-electron chi connectivity index (χ1n) is 4.83. The fourth-order valence-corrected chi connectivity index (χ4v) is 2.46. The van der Waals surface area contributed by atoms with Crippen molar-refractivity contribution in [1.29, 1.82) is 0 Å². The van der Waals surface area contributed by atoms with Gasteiger partial charge in [-0.1, -0.05) is 12.2 Å². The fourth-order valence-electron chi connectivity index (χ4n) is 2.46. The van der Waals surface area contributed by atoms with Crippen LogP contribution in [0.5, 0.6) is 0 Å². The van der Waals surface area contributed by atoms with Crippen LogP contribution in [0.1, 0.15) is 6.92 Å². The maximum atomic E-state index is 3.96. The molecule has 2 fully saturated rings. The molecule has 2 aliphatic heterocycles. The molecule has 0 saturated carbocycles. The Bertz CT molecular complexity index is 176. The zero-order valence-electron chi connectivity index (χ0n) is 7.84. The van der Waals surface area contributed by atoms with Gasteiger partial charge in [0.05, 0.1) is 0 Å². The predicted octanol–water partition coefficient (Wildman–Crippen LogP) is 0.714. The van der Waals surface area contributed by atoms with Gasteiger partial charge in [0.15, 0.2) is 0 Å². The average Bonchev–Trinajstić information content (AvgIpc) is 2.43. The lowest BCUT2D eigenvalue weighted by Gasteiger charge is -2.16. The molecule has 2 unspecified atom stereocenters. The highest BCUT2D eigenvalue weighted by atomic mass is 15.2. The van der Waals surface area contributed by atoms with E-state index in [2.05, 4.69) is 23.7 Å². The van der Waals surface area contributed by atoms with E-state index in [0.717, 1.165) is 18.4 Å². The molecule has 2 heteroatoms. The van der Waals surface area contributed by atoms with Crippen LogP contribution in [0.4, 0.5) is 0 Å². The number of hydrogen-bond donors (Lipinski definition) is 1. The standard InChI is InChI=1S/C10H18N2/c1-8(2)5-12-6-9-3-11-4-10(9)7-12/h9-11H,1,3-7H2,2H3. The molecule has 0 aliphatic carbocycles.